The first-order valence-corrected chi connectivity index (χ1v) is 32.1. The fourth-order valence-electron chi connectivity index (χ4n) is 9.09. The Kier molecular flexibility index (Phi) is 60.3. The molecule has 0 heterocycles. The summed E-state index contributed by atoms with van der Waals surface area (Å²) in [6, 6.07) is 0. The lowest BCUT2D eigenvalue weighted by molar-refractivity contribution is -0.167. The smallest absolute Gasteiger partial charge is 0.306 e. The lowest BCUT2D eigenvalue weighted by atomic mass is 10.0. The number of esters is 3. The lowest BCUT2D eigenvalue weighted by Gasteiger charge is -2.18. The minimum absolute atomic E-state index is 0.0809. The zero-order valence-electron chi connectivity index (χ0n) is 49.6. The first-order chi connectivity index (χ1) is 37.0. The number of hydrogen-bond donors (Lipinski definition) is 0. The van der Waals surface area contributed by atoms with Crippen LogP contribution in [0.4, 0.5) is 0 Å². The Labute approximate surface area is 465 Å². The Bertz CT molecular complexity index is 1430. The molecule has 0 aliphatic heterocycles. The zero-order chi connectivity index (χ0) is 54.3. The Morgan fingerprint density at radius 1 is 0.280 bits per heavy atom. The van der Waals surface area contributed by atoms with Crippen LogP contribution in [0.2, 0.25) is 0 Å². The van der Waals surface area contributed by atoms with E-state index in [4.69, 9.17) is 14.2 Å². The van der Waals surface area contributed by atoms with Gasteiger partial charge in [0.15, 0.2) is 6.10 Å². The molecule has 0 radical (unpaired) electrons. The van der Waals surface area contributed by atoms with Gasteiger partial charge in [-0.1, -0.05) is 286 Å². The van der Waals surface area contributed by atoms with Gasteiger partial charge in [0.05, 0.1) is 0 Å². The van der Waals surface area contributed by atoms with Crippen LogP contribution < -0.4 is 0 Å². The predicted octanol–water partition coefficient (Wildman–Crippen LogP) is 21.9. The van der Waals surface area contributed by atoms with Crippen molar-refractivity contribution >= 4 is 17.9 Å². The number of ether oxygens (including phenoxy) is 3. The van der Waals surface area contributed by atoms with Gasteiger partial charge in [0.2, 0.25) is 0 Å². The van der Waals surface area contributed by atoms with Crippen LogP contribution in [0.25, 0.3) is 0 Å². The van der Waals surface area contributed by atoms with Gasteiger partial charge in [0, 0.05) is 19.3 Å². The summed E-state index contributed by atoms with van der Waals surface area (Å²) in [6.07, 6.45) is 83.6. The van der Waals surface area contributed by atoms with E-state index in [1.54, 1.807) is 0 Å². The van der Waals surface area contributed by atoms with Crippen molar-refractivity contribution in [1.29, 1.82) is 0 Å². The van der Waals surface area contributed by atoms with E-state index in [0.717, 1.165) is 116 Å². The number of hydrogen-bond acceptors (Lipinski definition) is 6. The SMILES string of the molecule is CC/C=C\C/C=C\C/C=C\C/C=C\C/C=C\C/C=C\CCCCCCCCC(=O)OC(COC(=O)CCCCCCC)COC(=O)CCCCCCCCCCCCCCCCC/C=C\CCCCCCCCCC. The second-order valence-electron chi connectivity index (χ2n) is 21.3. The van der Waals surface area contributed by atoms with Gasteiger partial charge in [-0.15, -0.1) is 0 Å². The highest BCUT2D eigenvalue weighted by atomic mass is 16.6. The molecule has 0 amide bonds. The fourth-order valence-corrected chi connectivity index (χ4v) is 9.09. The zero-order valence-corrected chi connectivity index (χ0v) is 49.6. The summed E-state index contributed by atoms with van der Waals surface area (Å²) in [4.78, 5) is 37.9. The van der Waals surface area contributed by atoms with Crippen LogP contribution in [0.5, 0.6) is 0 Å². The van der Waals surface area contributed by atoms with Gasteiger partial charge >= 0.3 is 17.9 Å². The molecule has 1 unspecified atom stereocenters. The summed E-state index contributed by atoms with van der Waals surface area (Å²) < 4.78 is 16.8. The van der Waals surface area contributed by atoms with Crippen molar-refractivity contribution in [3.8, 4) is 0 Å². The monoisotopic (exact) mass is 1040 g/mol. The minimum atomic E-state index is -0.781. The molecule has 0 aromatic heterocycles. The molecule has 0 rings (SSSR count). The lowest BCUT2D eigenvalue weighted by Crippen LogP contribution is -2.30. The van der Waals surface area contributed by atoms with Gasteiger partial charge in [-0.3, -0.25) is 14.4 Å². The van der Waals surface area contributed by atoms with Crippen molar-refractivity contribution < 1.29 is 28.6 Å². The van der Waals surface area contributed by atoms with E-state index in [0.29, 0.717) is 19.3 Å². The van der Waals surface area contributed by atoms with Crippen LogP contribution in [0, 0.1) is 0 Å². The third-order valence-corrected chi connectivity index (χ3v) is 13.9. The Hall–Kier alpha value is -3.41. The number of unbranched alkanes of at least 4 members (excludes halogenated alkanes) is 33. The third kappa shape index (κ3) is 61.3. The second kappa shape index (κ2) is 63.1. The molecule has 0 bridgehead atoms. The van der Waals surface area contributed by atoms with Crippen molar-refractivity contribution in [1.82, 2.24) is 0 Å². The molecule has 6 heteroatoms. The third-order valence-electron chi connectivity index (χ3n) is 13.9. The molecule has 75 heavy (non-hydrogen) atoms. The van der Waals surface area contributed by atoms with Crippen molar-refractivity contribution in [2.24, 2.45) is 0 Å². The quantitative estimate of drug-likeness (QED) is 0.0261. The van der Waals surface area contributed by atoms with Gasteiger partial charge in [-0.05, 0) is 96.3 Å². The molecule has 6 nitrogen and oxygen atoms in total. The van der Waals surface area contributed by atoms with Crippen molar-refractivity contribution in [3.63, 3.8) is 0 Å². The highest BCUT2D eigenvalue weighted by Crippen LogP contribution is 2.16. The maximum Gasteiger partial charge on any atom is 0.306 e. The average molecular weight is 1050 g/mol. The Morgan fingerprint density at radius 2 is 0.520 bits per heavy atom. The van der Waals surface area contributed by atoms with Gasteiger partial charge in [-0.2, -0.15) is 0 Å². The van der Waals surface area contributed by atoms with E-state index >= 15 is 0 Å². The van der Waals surface area contributed by atoms with Crippen LogP contribution in [0.15, 0.2) is 85.1 Å². The summed E-state index contributed by atoms with van der Waals surface area (Å²) in [7, 11) is 0. The molecule has 1 atom stereocenters. The highest BCUT2D eigenvalue weighted by molar-refractivity contribution is 5.71. The van der Waals surface area contributed by atoms with Gasteiger partial charge in [0.25, 0.3) is 0 Å². The largest absolute Gasteiger partial charge is 0.462 e. The molecule has 0 saturated carbocycles. The number of carbonyl (C=O) groups excluding carboxylic acids is 3. The van der Waals surface area contributed by atoms with Crippen LogP contribution in [0.1, 0.15) is 316 Å². The first-order valence-electron chi connectivity index (χ1n) is 32.1. The summed E-state index contributed by atoms with van der Waals surface area (Å²) >= 11 is 0. The molecule has 0 N–H and O–H groups in total. The second-order valence-corrected chi connectivity index (χ2v) is 21.3. The normalized spacial score (nSPS) is 12.6. The van der Waals surface area contributed by atoms with Crippen molar-refractivity contribution in [2.75, 3.05) is 13.2 Å². The molecule has 0 spiro atoms. The van der Waals surface area contributed by atoms with E-state index in [2.05, 4.69) is 106 Å². The molecular weight excluding hydrogens is 925 g/mol. The molecule has 0 aliphatic rings. The summed E-state index contributed by atoms with van der Waals surface area (Å²) in [6.45, 7) is 6.46. The van der Waals surface area contributed by atoms with Crippen LogP contribution >= 0.6 is 0 Å². The Balaban J connectivity index is 4.06. The molecular formula is C69H120O6. The Morgan fingerprint density at radius 3 is 0.827 bits per heavy atom. The standard InChI is InChI=1S/C69H120O6/c1-4-7-10-13-15-17-19-21-23-25-27-29-31-33-34-36-37-39-41-43-45-47-49-51-53-56-59-62-68(71)74-65-66(64-73-67(70)61-58-55-12-9-6-3)75-69(72)63-60-57-54-52-50-48-46-44-42-40-38-35-32-30-28-26-24-22-20-18-16-14-11-8-5-2/h8,11,16,18,22,24-25,27-28,30,35,38,42,44,66H,4-7,9-10,12-15,17,19-21,23,26,29,31-34,36-37,39-41,43,45-65H2,1-3H3/b11-8-,18-16-,24-22-,27-25-,30-28-,38-35-,44-42-. The molecule has 0 saturated heterocycles. The van der Waals surface area contributed by atoms with E-state index in [1.165, 1.54) is 161 Å². The molecule has 432 valence electrons. The van der Waals surface area contributed by atoms with E-state index in [9.17, 15) is 14.4 Å². The minimum Gasteiger partial charge on any atom is -0.462 e. The molecule has 0 aliphatic carbocycles. The van der Waals surface area contributed by atoms with Gasteiger partial charge < -0.3 is 14.2 Å². The maximum atomic E-state index is 12.8. The van der Waals surface area contributed by atoms with Crippen LogP contribution in [-0.4, -0.2) is 37.2 Å². The van der Waals surface area contributed by atoms with Gasteiger partial charge in [-0.25, -0.2) is 0 Å². The van der Waals surface area contributed by atoms with Crippen molar-refractivity contribution in [2.45, 2.75) is 322 Å². The van der Waals surface area contributed by atoms with E-state index in [1.807, 2.05) is 0 Å². The average Bonchev–Trinajstić information content (AvgIpc) is 3.41. The van der Waals surface area contributed by atoms with Crippen LogP contribution in [0.3, 0.4) is 0 Å². The van der Waals surface area contributed by atoms with E-state index < -0.39 is 6.10 Å². The number of allylic oxidation sites excluding steroid dienone is 14. The van der Waals surface area contributed by atoms with E-state index in [-0.39, 0.29) is 31.1 Å². The fraction of sp³-hybridized carbons (Fsp3) is 0.754. The number of rotatable bonds is 58. The first kappa shape index (κ1) is 71.6. The maximum absolute atomic E-state index is 12.8. The topological polar surface area (TPSA) is 78.9 Å². The molecule has 0 aromatic carbocycles. The van der Waals surface area contributed by atoms with Gasteiger partial charge in [0.1, 0.15) is 13.2 Å². The predicted molar refractivity (Wildman–Crippen MR) is 325 cm³/mol. The highest BCUT2D eigenvalue weighted by Gasteiger charge is 2.19. The summed E-state index contributed by atoms with van der Waals surface area (Å²) in [5.74, 6) is -0.900. The van der Waals surface area contributed by atoms with Crippen molar-refractivity contribution in [3.05, 3.63) is 85.1 Å². The van der Waals surface area contributed by atoms with Crippen LogP contribution in [-0.2, 0) is 28.6 Å². The number of carbonyl (C=O) groups is 3. The molecule has 0 fully saturated rings. The summed E-state index contributed by atoms with van der Waals surface area (Å²) in [5, 5.41) is 0. The summed E-state index contributed by atoms with van der Waals surface area (Å²) in [5.41, 5.74) is 0. The molecule has 0 aromatic rings.